The highest BCUT2D eigenvalue weighted by Crippen LogP contribution is 2.41. The zero-order valence-corrected chi connectivity index (χ0v) is 23.4. The molecular formula is C29H31F5N6O. The van der Waals surface area contributed by atoms with Crippen LogP contribution in [-0.4, -0.2) is 44.8 Å². The van der Waals surface area contributed by atoms with Crippen LogP contribution >= 0.6 is 0 Å². The number of hydrogen-bond donors (Lipinski definition) is 1. The number of halogens is 5. The standard InChI is InChI=1S/C29H31F5N6O/c1-12(2)24-26(15(5)6-7-36-24)40-28-16(27(38-29(40)41)39-10-13(3)8-14(4)11-39)9-17(30)25(37-28)18-19(31)21(33)22(34)23(35)20(18)32/h6-7,9,12-14,22-23H,8,10-11,35H2,1-5H3/t13-,14+,22?,23?. The number of nitrogens with zero attached hydrogens (tertiary/aromatic N) is 5. The molecule has 1 fully saturated rings. The van der Waals surface area contributed by atoms with Crippen molar-refractivity contribution in [2.75, 3.05) is 18.0 Å². The number of aryl methyl sites for hydroxylation is 1. The molecule has 218 valence electrons. The Hall–Kier alpha value is -3.67. The molecule has 0 amide bonds. The lowest BCUT2D eigenvalue weighted by Crippen LogP contribution is -2.41. The Labute approximate surface area is 233 Å². The van der Waals surface area contributed by atoms with Gasteiger partial charge in [-0.25, -0.2) is 36.3 Å². The smallest absolute Gasteiger partial charge is 0.355 e. The minimum absolute atomic E-state index is 0.111. The summed E-state index contributed by atoms with van der Waals surface area (Å²) in [6.07, 6.45) is -0.237. The molecule has 4 atom stereocenters. The number of rotatable bonds is 4. The molecule has 41 heavy (non-hydrogen) atoms. The van der Waals surface area contributed by atoms with Gasteiger partial charge in [-0.15, -0.1) is 0 Å². The van der Waals surface area contributed by atoms with E-state index in [1.54, 1.807) is 19.2 Å². The van der Waals surface area contributed by atoms with Crippen LogP contribution in [0.25, 0.3) is 22.3 Å². The third kappa shape index (κ3) is 4.81. The second kappa shape index (κ2) is 10.6. The number of piperidine rings is 1. The second-order valence-electron chi connectivity index (χ2n) is 11.4. The normalized spacial score (nSPS) is 23.8. The fourth-order valence-corrected chi connectivity index (χ4v) is 5.86. The summed E-state index contributed by atoms with van der Waals surface area (Å²) < 4.78 is 75.5. The summed E-state index contributed by atoms with van der Waals surface area (Å²) in [5.41, 5.74) is 3.83. The van der Waals surface area contributed by atoms with Gasteiger partial charge < -0.3 is 10.6 Å². The van der Waals surface area contributed by atoms with E-state index in [1.807, 2.05) is 18.7 Å². The van der Waals surface area contributed by atoms with Crippen molar-refractivity contribution >= 4 is 22.4 Å². The first-order valence-electron chi connectivity index (χ1n) is 13.5. The molecular weight excluding hydrogens is 543 g/mol. The third-order valence-corrected chi connectivity index (χ3v) is 7.65. The Morgan fingerprint density at radius 3 is 2.34 bits per heavy atom. The van der Waals surface area contributed by atoms with E-state index < -0.39 is 52.5 Å². The fourth-order valence-electron chi connectivity index (χ4n) is 5.86. The summed E-state index contributed by atoms with van der Waals surface area (Å²) in [5.74, 6) is -6.19. The predicted octanol–water partition coefficient (Wildman–Crippen LogP) is 5.74. The maximum absolute atomic E-state index is 15.8. The number of nitrogens with two attached hydrogens (primary N) is 1. The topological polar surface area (TPSA) is 89.9 Å². The molecule has 0 radical (unpaired) electrons. The van der Waals surface area contributed by atoms with Gasteiger partial charge >= 0.3 is 5.69 Å². The molecule has 2 N–H and O–H groups in total. The minimum atomic E-state index is -2.77. The van der Waals surface area contributed by atoms with E-state index >= 15 is 8.78 Å². The summed E-state index contributed by atoms with van der Waals surface area (Å²) in [4.78, 5) is 28.7. The van der Waals surface area contributed by atoms with Crippen molar-refractivity contribution in [1.29, 1.82) is 0 Å². The Balaban J connectivity index is 1.90. The van der Waals surface area contributed by atoms with Crippen LogP contribution in [0.5, 0.6) is 0 Å². The SMILES string of the molecule is Cc1ccnc(C(C)C)c1-n1c(=O)nc(N2C[C@H](C)C[C@H](C)C2)c2cc(F)c(C3=C(F)C(N)C(F)C(F)=C3F)nc21. The first kappa shape index (κ1) is 28.8. The van der Waals surface area contributed by atoms with Crippen molar-refractivity contribution in [1.82, 2.24) is 19.5 Å². The number of anilines is 1. The summed E-state index contributed by atoms with van der Waals surface area (Å²) in [5, 5.41) is 0.111. The Bertz CT molecular complexity index is 1660. The van der Waals surface area contributed by atoms with Crippen molar-refractivity contribution in [3.05, 3.63) is 69.1 Å². The van der Waals surface area contributed by atoms with Gasteiger partial charge in [0, 0.05) is 19.3 Å². The van der Waals surface area contributed by atoms with Crippen LogP contribution in [-0.2, 0) is 0 Å². The molecule has 1 aliphatic heterocycles. The monoisotopic (exact) mass is 574 g/mol. The molecule has 2 aliphatic rings. The van der Waals surface area contributed by atoms with Crippen molar-refractivity contribution in [3.8, 4) is 5.69 Å². The van der Waals surface area contributed by atoms with E-state index in [2.05, 4.69) is 28.8 Å². The van der Waals surface area contributed by atoms with Crippen LogP contribution in [0.15, 0.2) is 40.6 Å². The number of hydrogen-bond acceptors (Lipinski definition) is 6. The van der Waals surface area contributed by atoms with Gasteiger partial charge in [0.05, 0.1) is 28.4 Å². The van der Waals surface area contributed by atoms with Gasteiger partial charge in [0.25, 0.3) is 0 Å². The Morgan fingerprint density at radius 2 is 1.71 bits per heavy atom. The second-order valence-corrected chi connectivity index (χ2v) is 11.4. The fraction of sp³-hybridized carbons (Fsp3) is 0.448. The van der Waals surface area contributed by atoms with Crippen LogP contribution in [0.4, 0.5) is 27.8 Å². The third-order valence-electron chi connectivity index (χ3n) is 7.65. The van der Waals surface area contributed by atoms with E-state index in [0.717, 1.165) is 17.1 Å². The van der Waals surface area contributed by atoms with Crippen molar-refractivity contribution in [3.63, 3.8) is 0 Å². The molecule has 0 bridgehead atoms. The van der Waals surface area contributed by atoms with Crippen molar-refractivity contribution in [2.45, 2.75) is 59.2 Å². The number of fused-ring (bicyclic) bond motifs is 1. The molecule has 0 saturated carbocycles. The minimum Gasteiger partial charge on any atom is -0.355 e. The lowest BCUT2D eigenvalue weighted by Gasteiger charge is -2.36. The first-order valence-corrected chi connectivity index (χ1v) is 13.5. The molecule has 1 saturated heterocycles. The highest BCUT2D eigenvalue weighted by atomic mass is 19.2. The zero-order chi connectivity index (χ0) is 29.9. The van der Waals surface area contributed by atoms with Crippen LogP contribution in [0.3, 0.4) is 0 Å². The average molecular weight is 575 g/mol. The van der Waals surface area contributed by atoms with Crippen molar-refractivity contribution < 1.29 is 22.0 Å². The molecule has 12 heteroatoms. The van der Waals surface area contributed by atoms with Crippen LogP contribution in [0, 0.1) is 24.6 Å². The number of alkyl halides is 1. The van der Waals surface area contributed by atoms with E-state index in [0.29, 0.717) is 30.0 Å². The molecule has 1 aliphatic carbocycles. The van der Waals surface area contributed by atoms with E-state index in [9.17, 15) is 18.0 Å². The average Bonchev–Trinajstić information content (AvgIpc) is 2.91. The summed E-state index contributed by atoms with van der Waals surface area (Å²) >= 11 is 0. The summed E-state index contributed by atoms with van der Waals surface area (Å²) in [7, 11) is 0. The Morgan fingerprint density at radius 1 is 1.05 bits per heavy atom. The first-order chi connectivity index (χ1) is 19.3. The summed E-state index contributed by atoms with van der Waals surface area (Å²) in [6, 6.07) is 0.452. The molecule has 7 nitrogen and oxygen atoms in total. The van der Waals surface area contributed by atoms with Gasteiger partial charge in [-0.05, 0) is 48.8 Å². The van der Waals surface area contributed by atoms with Crippen LogP contribution in [0.1, 0.15) is 57.0 Å². The number of allylic oxidation sites excluding steroid dienone is 2. The zero-order valence-electron chi connectivity index (χ0n) is 23.4. The van der Waals surface area contributed by atoms with Crippen LogP contribution < -0.4 is 16.3 Å². The maximum atomic E-state index is 15.8. The molecule has 0 spiro atoms. The maximum Gasteiger partial charge on any atom is 0.355 e. The van der Waals surface area contributed by atoms with E-state index in [1.165, 1.54) is 0 Å². The highest BCUT2D eigenvalue weighted by molar-refractivity contribution is 5.91. The molecule has 3 aromatic heterocycles. The number of aromatic nitrogens is 4. The lowest BCUT2D eigenvalue weighted by atomic mass is 9.91. The molecule has 3 aromatic rings. The van der Waals surface area contributed by atoms with E-state index in [-0.39, 0.29) is 34.6 Å². The van der Waals surface area contributed by atoms with E-state index in [4.69, 9.17) is 5.73 Å². The predicted molar refractivity (Wildman–Crippen MR) is 147 cm³/mol. The van der Waals surface area contributed by atoms with Gasteiger partial charge in [-0.3, -0.25) is 4.98 Å². The molecule has 5 rings (SSSR count). The number of pyridine rings is 2. The largest absolute Gasteiger partial charge is 0.355 e. The van der Waals surface area contributed by atoms with Crippen LogP contribution in [0.2, 0.25) is 0 Å². The highest BCUT2D eigenvalue weighted by Gasteiger charge is 2.40. The van der Waals surface area contributed by atoms with Gasteiger partial charge in [0.1, 0.15) is 17.3 Å². The Kier molecular flexibility index (Phi) is 7.47. The molecule has 2 unspecified atom stereocenters. The van der Waals surface area contributed by atoms with Gasteiger partial charge in [-0.1, -0.05) is 27.7 Å². The summed E-state index contributed by atoms with van der Waals surface area (Å²) in [6.45, 7) is 10.7. The lowest BCUT2D eigenvalue weighted by molar-refractivity contribution is 0.264. The molecule has 4 heterocycles. The van der Waals surface area contributed by atoms with Gasteiger partial charge in [0.2, 0.25) is 0 Å². The molecule has 0 aromatic carbocycles. The van der Waals surface area contributed by atoms with Gasteiger partial charge in [-0.2, -0.15) is 4.98 Å². The quantitative estimate of drug-likeness (QED) is 0.400. The van der Waals surface area contributed by atoms with Crippen molar-refractivity contribution in [2.24, 2.45) is 17.6 Å². The van der Waals surface area contributed by atoms with Gasteiger partial charge in [0.15, 0.2) is 29.3 Å².